The molecule has 2 amide bonds. The zero-order valence-corrected chi connectivity index (χ0v) is 13.2. The van der Waals surface area contributed by atoms with E-state index in [1.807, 2.05) is 18.2 Å². The Labute approximate surface area is 124 Å². The molecule has 1 aliphatic rings. The minimum Gasteiger partial charge on any atom is -0.335 e. The van der Waals surface area contributed by atoms with Crippen molar-refractivity contribution in [3.8, 4) is 0 Å². The third kappa shape index (κ3) is 3.99. The van der Waals surface area contributed by atoms with Crippen LogP contribution < -0.4 is 10.6 Å². The molecule has 1 aromatic rings. The van der Waals surface area contributed by atoms with Gasteiger partial charge in [0, 0.05) is 15.0 Å². The topological polar surface area (TPSA) is 41.1 Å². The second kappa shape index (κ2) is 6.57. The maximum atomic E-state index is 11.9. The molecular weight excluding hydrogens is 360 g/mol. The van der Waals surface area contributed by atoms with Gasteiger partial charge in [0.2, 0.25) is 0 Å². The molecule has 2 rings (SSSR count). The van der Waals surface area contributed by atoms with Crippen LogP contribution in [0.25, 0.3) is 0 Å². The maximum absolute atomic E-state index is 11.9. The number of benzene rings is 1. The number of anilines is 1. The van der Waals surface area contributed by atoms with Crippen LogP contribution in [0.1, 0.15) is 32.1 Å². The summed E-state index contributed by atoms with van der Waals surface area (Å²) >= 11 is 6.81. The molecule has 0 atom stereocenters. The monoisotopic (exact) mass is 374 g/mol. The van der Waals surface area contributed by atoms with Crippen molar-refractivity contribution in [3.05, 3.63) is 27.1 Å². The van der Waals surface area contributed by atoms with Gasteiger partial charge in [-0.2, -0.15) is 0 Å². The van der Waals surface area contributed by atoms with Gasteiger partial charge in [0.15, 0.2) is 0 Å². The Morgan fingerprint density at radius 1 is 1.17 bits per heavy atom. The summed E-state index contributed by atoms with van der Waals surface area (Å²) in [6.45, 7) is 0. The van der Waals surface area contributed by atoms with E-state index in [0.29, 0.717) is 6.04 Å². The van der Waals surface area contributed by atoms with E-state index in [0.717, 1.165) is 27.5 Å². The van der Waals surface area contributed by atoms with Crippen molar-refractivity contribution in [2.24, 2.45) is 0 Å². The first-order valence-corrected chi connectivity index (χ1v) is 7.76. The maximum Gasteiger partial charge on any atom is 0.319 e. The lowest BCUT2D eigenvalue weighted by Gasteiger charge is -2.23. The number of rotatable bonds is 2. The smallest absolute Gasteiger partial charge is 0.319 e. The van der Waals surface area contributed by atoms with E-state index in [2.05, 4.69) is 42.5 Å². The summed E-state index contributed by atoms with van der Waals surface area (Å²) in [7, 11) is 0. The van der Waals surface area contributed by atoms with Gasteiger partial charge in [-0.25, -0.2) is 4.79 Å². The molecule has 3 nitrogen and oxygen atoms in total. The number of carbonyl (C=O) groups excluding carboxylic acids is 1. The van der Waals surface area contributed by atoms with E-state index < -0.39 is 0 Å². The summed E-state index contributed by atoms with van der Waals surface area (Å²) in [5.74, 6) is 0. The molecule has 0 aliphatic heterocycles. The van der Waals surface area contributed by atoms with Gasteiger partial charge >= 0.3 is 6.03 Å². The second-order valence-corrected chi connectivity index (χ2v) is 6.33. The lowest BCUT2D eigenvalue weighted by atomic mass is 9.96. The highest BCUT2D eigenvalue weighted by Crippen LogP contribution is 2.26. The van der Waals surface area contributed by atoms with Gasteiger partial charge in [-0.15, -0.1) is 0 Å². The molecule has 1 fully saturated rings. The number of nitrogens with one attached hydrogen (secondary N) is 2. The number of halogens is 2. The van der Waals surface area contributed by atoms with E-state index in [4.69, 9.17) is 0 Å². The van der Waals surface area contributed by atoms with Crippen LogP contribution in [0.15, 0.2) is 27.1 Å². The molecule has 1 saturated carbocycles. The van der Waals surface area contributed by atoms with Crippen LogP contribution in [-0.4, -0.2) is 12.1 Å². The van der Waals surface area contributed by atoms with Crippen molar-refractivity contribution in [1.82, 2.24) is 5.32 Å². The van der Waals surface area contributed by atoms with Gasteiger partial charge in [-0.1, -0.05) is 35.2 Å². The highest BCUT2D eigenvalue weighted by Gasteiger charge is 2.16. The normalized spacial score (nSPS) is 16.3. The van der Waals surface area contributed by atoms with E-state index in [9.17, 15) is 4.79 Å². The van der Waals surface area contributed by atoms with Crippen LogP contribution >= 0.6 is 31.9 Å². The predicted octanol–water partition coefficient (Wildman–Crippen LogP) is 4.67. The molecule has 0 radical (unpaired) electrons. The molecule has 5 heteroatoms. The standard InChI is InChI=1S/C13H16Br2N2O/c14-9-6-7-11(15)12(8-9)17-13(18)16-10-4-2-1-3-5-10/h6-8,10H,1-5H2,(H2,16,17,18). The number of hydrogen-bond donors (Lipinski definition) is 2. The van der Waals surface area contributed by atoms with Crippen LogP contribution in [0.2, 0.25) is 0 Å². The third-order valence-corrected chi connectivity index (χ3v) is 4.30. The van der Waals surface area contributed by atoms with Crippen LogP contribution in [-0.2, 0) is 0 Å². The summed E-state index contributed by atoms with van der Waals surface area (Å²) in [4.78, 5) is 11.9. The van der Waals surface area contributed by atoms with Crippen molar-refractivity contribution in [3.63, 3.8) is 0 Å². The molecule has 98 valence electrons. The minimum absolute atomic E-state index is 0.124. The zero-order valence-electron chi connectivity index (χ0n) is 10.0. The van der Waals surface area contributed by atoms with Gasteiger partial charge in [0.25, 0.3) is 0 Å². The lowest BCUT2D eigenvalue weighted by Crippen LogP contribution is -2.39. The number of hydrogen-bond acceptors (Lipinski definition) is 1. The van der Waals surface area contributed by atoms with Crippen molar-refractivity contribution >= 4 is 43.6 Å². The van der Waals surface area contributed by atoms with E-state index in [1.54, 1.807) is 0 Å². The lowest BCUT2D eigenvalue weighted by molar-refractivity contribution is 0.244. The Kier molecular flexibility index (Phi) is 5.06. The highest BCUT2D eigenvalue weighted by atomic mass is 79.9. The fraction of sp³-hybridized carbons (Fsp3) is 0.462. The first kappa shape index (κ1) is 13.9. The molecule has 0 saturated heterocycles. The summed E-state index contributed by atoms with van der Waals surface area (Å²) in [5, 5.41) is 5.90. The van der Waals surface area contributed by atoms with Crippen molar-refractivity contribution in [1.29, 1.82) is 0 Å². The molecule has 1 aliphatic carbocycles. The van der Waals surface area contributed by atoms with E-state index >= 15 is 0 Å². The Morgan fingerprint density at radius 2 is 1.89 bits per heavy atom. The van der Waals surface area contributed by atoms with Gasteiger partial charge in [-0.3, -0.25) is 0 Å². The molecule has 0 spiro atoms. The quantitative estimate of drug-likeness (QED) is 0.774. The molecule has 0 aromatic heterocycles. The predicted molar refractivity (Wildman–Crippen MR) is 80.9 cm³/mol. The first-order valence-electron chi connectivity index (χ1n) is 6.18. The first-order chi connectivity index (χ1) is 8.65. The van der Waals surface area contributed by atoms with Crippen LogP contribution in [0.4, 0.5) is 10.5 Å². The average Bonchev–Trinajstić information content (AvgIpc) is 2.35. The largest absolute Gasteiger partial charge is 0.335 e. The van der Waals surface area contributed by atoms with Gasteiger partial charge in [0.05, 0.1) is 5.69 Å². The SMILES string of the molecule is O=C(Nc1cc(Br)ccc1Br)NC1CCCCC1. The Bertz CT molecular complexity index is 431. The zero-order chi connectivity index (χ0) is 13.0. The molecular formula is C13H16Br2N2O. The summed E-state index contributed by atoms with van der Waals surface area (Å²) in [6.07, 6.45) is 5.90. The van der Waals surface area contributed by atoms with E-state index in [1.165, 1.54) is 19.3 Å². The van der Waals surface area contributed by atoms with Crippen LogP contribution in [0.3, 0.4) is 0 Å². The van der Waals surface area contributed by atoms with E-state index in [-0.39, 0.29) is 6.03 Å². The molecule has 0 heterocycles. The van der Waals surface area contributed by atoms with Crippen molar-refractivity contribution < 1.29 is 4.79 Å². The number of carbonyl (C=O) groups is 1. The van der Waals surface area contributed by atoms with Crippen molar-refractivity contribution in [2.45, 2.75) is 38.1 Å². The molecule has 18 heavy (non-hydrogen) atoms. The second-order valence-electron chi connectivity index (χ2n) is 4.56. The third-order valence-electron chi connectivity index (χ3n) is 3.12. The molecule has 2 N–H and O–H groups in total. The Balaban J connectivity index is 1.92. The minimum atomic E-state index is -0.124. The average molecular weight is 376 g/mol. The van der Waals surface area contributed by atoms with Crippen LogP contribution in [0, 0.1) is 0 Å². The molecule has 1 aromatic carbocycles. The fourth-order valence-corrected chi connectivity index (χ4v) is 2.89. The van der Waals surface area contributed by atoms with Crippen molar-refractivity contribution in [2.75, 3.05) is 5.32 Å². The van der Waals surface area contributed by atoms with Crippen LogP contribution in [0.5, 0.6) is 0 Å². The molecule has 0 bridgehead atoms. The highest BCUT2D eigenvalue weighted by molar-refractivity contribution is 9.11. The van der Waals surface area contributed by atoms with Gasteiger partial charge in [0.1, 0.15) is 0 Å². The Hall–Kier alpha value is -0.550. The summed E-state index contributed by atoms with van der Waals surface area (Å²) in [6, 6.07) is 5.91. The fourth-order valence-electron chi connectivity index (χ4n) is 2.18. The number of amides is 2. The summed E-state index contributed by atoms with van der Waals surface area (Å²) < 4.78 is 1.82. The Morgan fingerprint density at radius 3 is 2.61 bits per heavy atom. The van der Waals surface area contributed by atoms with Gasteiger partial charge in [-0.05, 0) is 47.0 Å². The summed E-state index contributed by atoms with van der Waals surface area (Å²) in [5.41, 5.74) is 0.776. The van der Waals surface area contributed by atoms with Gasteiger partial charge < -0.3 is 10.6 Å². The molecule has 0 unspecified atom stereocenters. The number of urea groups is 1.